The summed E-state index contributed by atoms with van der Waals surface area (Å²) in [5.74, 6) is 4.97. The van der Waals surface area contributed by atoms with Gasteiger partial charge >= 0.3 is 0 Å². The van der Waals surface area contributed by atoms with Crippen LogP contribution in [-0.2, 0) is 0 Å². The van der Waals surface area contributed by atoms with Crippen molar-refractivity contribution in [2.75, 3.05) is 0 Å². The Hall–Kier alpha value is 0.310. The highest BCUT2D eigenvalue weighted by Crippen LogP contribution is 2.77. The van der Waals surface area contributed by atoms with Crippen LogP contribution in [0.3, 0.4) is 0 Å². The zero-order valence-electron chi connectivity index (χ0n) is 22.4. The molecule has 5 fully saturated rings. The highest BCUT2D eigenvalue weighted by Gasteiger charge is 2.70. The van der Waals surface area contributed by atoms with Crippen molar-refractivity contribution in [3.63, 3.8) is 0 Å². The van der Waals surface area contributed by atoms with Gasteiger partial charge in [-0.05, 0) is 120 Å². The van der Waals surface area contributed by atoms with E-state index in [1.165, 1.54) is 51.4 Å². The molecule has 12 atom stereocenters. The first-order valence-electron chi connectivity index (χ1n) is 14.1. The van der Waals surface area contributed by atoms with Gasteiger partial charge in [0.15, 0.2) is 0 Å². The fourth-order valence-corrected chi connectivity index (χ4v) is 12.1. The molecule has 0 spiro atoms. The molecule has 0 aromatic heterocycles. The second-order valence-electron chi connectivity index (χ2n) is 15.3. The molecule has 5 rings (SSSR count). The zero-order valence-corrected chi connectivity index (χ0v) is 23.3. The van der Waals surface area contributed by atoms with Crippen molar-refractivity contribution in [1.29, 1.82) is 0 Å². The average Bonchev–Trinajstić information content (AvgIpc) is 2.70. The molecule has 0 aliphatic heterocycles. The van der Waals surface area contributed by atoms with Crippen LogP contribution in [-0.4, -0.2) is 16.5 Å². The Morgan fingerprint density at radius 1 is 0.750 bits per heavy atom. The third-order valence-electron chi connectivity index (χ3n) is 14.0. The maximum atomic E-state index is 11.2. The standard InChI is InChI=1S/C30H52OS/c1-18-11-13-27(5)15-16-29(7)20(24(27)19(18)2)9-10-23-28(6)17-21(31)25(32)26(3,4)22(28)12-14-30(23,29)8/h18-25,31-32H,9-17H2,1-8H3/t18-,19+,20-,21?,22+,23-,24+,25?,27-,28+,29-,30-/m0/s1. The van der Waals surface area contributed by atoms with Gasteiger partial charge in [-0.15, -0.1) is 0 Å². The zero-order chi connectivity index (χ0) is 23.5. The molecule has 1 nitrogen and oxygen atoms in total. The van der Waals surface area contributed by atoms with Gasteiger partial charge in [-0.25, -0.2) is 0 Å². The van der Waals surface area contributed by atoms with Crippen LogP contribution in [0.2, 0.25) is 0 Å². The third kappa shape index (κ3) is 2.81. The molecule has 1 N–H and O–H groups in total. The lowest BCUT2D eigenvalue weighted by Gasteiger charge is -2.74. The summed E-state index contributed by atoms with van der Waals surface area (Å²) >= 11 is 4.95. The lowest BCUT2D eigenvalue weighted by atomic mass is 9.31. The summed E-state index contributed by atoms with van der Waals surface area (Å²) in [5.41, 5.74) is 1.78. The lowest BCUT2D eigenvalue weighted by molar-refractivity contribution is -0.253. The van der Waals surface area contributed by atoms with Crippen molar-refractivity contribution < 1.29 is 5.11 Å². The number of thiol groups is 1. The fourth-order valence-electron chi connectivity index (χ4n) is 11.8. The van der Waals surface area contributed by atoms with Gasteiger partial charge in [0.25, 0.3) is 0 Å². The van der Waals surface area contributed by atoms with Gasteiger partial charge in [-0.3, -0.25) is 0 Å². The third-order valence-corrected chi connectivity index (χ3v) is 15.0. The van der Waals surface area contributed by atoms with E-state index in [0.29, 0.717) is 22.2 Å². The molecule has 0 saturated heterocycles. The molecule has 5 aliphatic carbocycles. The van der Waals surface area contributed by atoms with Crippen molar-refractivity contribution in [3.05, 3.63) is 0 Å². The quantitative estimate of drug-likeness (QED) is 0.351. The highest BCUT2D eigenvalue weighted by atomic mass is 32.1. The average molecular weight is 461 g/mol. The van der Waals surface area contributed by atoms with Gasteiger partial charge in [0.05, 0.1) is 6.10 Å². The summed E-state index contributed by atoms with van der Waals surface area (Å²) in [6.07, 6.45) is 12.0. The maximum Gasteiger partial charge on any atom is 0.0666 e. The Balaban J connectivity index is 1.55. The summed E-state index contributed by atoms with van der Waals surface area (Å²) in [6, 6.07) is 0. The molecule has 2 heteroatoms. The highest BCUT2D eigenvalue weighted by molar-refractivity contribution is 7.81. The van der Waals surface area contributed by atoms with Crippen molar-refractivity contribution in [2.24, 2.45) is 62.6 Å². The Labute approximate surface area is 204 Å². The van der Waals surface area contributed by atoms with E-state index in [1.807, 2.05) is 0 Å². The van der Waals surface area contributed by atoms with E-state index < -0.39 is 0 Å². The van der Waals surface area contributed by atoms with E-state index in [2.05, 4.69) is 55.4 Å². The summed E-state index contributed by atoms with van der Waals surface area (Å²) in [4.78, 5) is 0. The van der Waals surface area contributed by atoms with Crippen LogP contribution in [0.25, 0.3) is 0 Å². The van der Waals surface area contributed by atoms with Crippen LogP contribution >= 0.6 is 12.6 Å². The molecule has 0 aromatic carbocycles. The van der Waals surface area contributed by atoms with Gasteiger partial charge < -0.3 is 5.11 Å². The maximum absolute atomic E-state index is 11.2. The van der Waals surface area contributed by atoms with Crippen molar-refractivity contribution in [1.82, 2.24) is 0 Å². The minimum absolute atomic E-state index is 0.104. The van der Waals surface area contributed by atoms with Crippen LogP contribution in [0.1, 0.15) is 113 Å². The number of aliphatic hydroxyl groups is 1. The Morgan fingerprint density at radius 3 is 2.12 bits per heavy atom. The van der Waals surface area contributed by atoms with Crippen molar-refractivity contribution >= 4 is 12.6 Å². The molecule has 184 valence electrons. The van der Waals surface area contributed by atoms with E-state index >= 15 is 0 Å². The molecule has 5 aliphatic rings. The van der Waals surface area contributed by atoms with E-state index in [4.69, 9.17) is 12.6 Å². The van der Waals surface area contributed by atoms with E-state index in [-0.39, 0.29) is 22.2 Å². The van der Waals surface area contributed by atoms with E-state index in [0.717, 1.165) is 36.0 Å². The number of rotatable bonds is 0. The van der Waals surface area contributed by atoms with Crippen molar-refractivity contribution in [3.8, 4) is 0 Å². The predicted molar refractivity (Wildman–Crippen MR) is 139 cm³/mol. The van der Waals surface area contributed by atoms with Crippen LogP contribution in [0, 0.1) is 62.6 Å². The summed E-state index contributed by atoms with van der Waals surface area (Å²) in [7, 11) is 0. The molecule has 5 saturated carbocycles. The molecule has 0 bridgehead atoms. The molecule has 0 aromatic rings. The molecule has 2 unspecified atom stereocenters. The first kappa shape index (κ1) is 24.0. The number of hydrogen-bond acceptors (Lipinski definition) is 2. The monoisotopic (exact) mass is 460 g/mol. The molecular formula is C30H52OS. The van der Waals surface area contributed by atoms with Gasteiger partial charge in [-0.1, -0.05) is 55.4 Å². The summed E-state index contributed by atoms with van der Waals surface area (Å²) < 4.78 is 0. The second-order valence-corrected chi connectivity index (χ2v) is 15.8. The van der Waals surface area contributed by atoms with Crippen LogP contribution in [0.15, 0.2) is 0 Å². The Bertz CT molecular complexity index is 762. The van der Waals surface area contributed by atoms with Gasteiger partial charge in [0, 0.05) is 5.25 Å². The molecule has 0 radical (unpaired) electrons. The normalized spacial score (nSPS) is 61.7. The van der Waals surface area contributed by atoms with E-state index in [9.17, 15) is 5.11 Å². The van der Waals surface area contributed by atoms with Crippen molar-refractivity contribution in [2.45, 2.75) is 125 Å². The number of fused-ring (bicyclic) bond motifs is 7. The summed E-state index contributed by atoms with van der Waals surface area (Å²) in [5, 5.41) is 11.3. The molecular weight excluding hydrogens is 408 g/mol. The Morgan fingerprint density at radius 2 is 1.44 bits per heavy atom. The predicted octanol–water partition coefficient (Wildman–Crippen LogP) is 8.01. The lowest BCUT2D eigenvalue weighted by Crippen LogP contribution is -2.68. The number of aliphatic hydroxyl groups excluding tert-OH is 1. The largest absolute Gasteiger partial charge is 0.392 e. The van der Waals surface area contributed by atoms with Crippen LogP contribution < -0.4 is 0 Å². The fraction of sp³-hybridized carbons (Fsp3) is 1.00. The first-order chi connectivity index (χ1) is 14.7. The molecule has 32 heavy (non-hydrogen) atoms. The minimum Gasteiger partial charge on any atom is -0.392 e. The summed E-state index contributed by atoms with van der Waals surface area (Å²) in [6.45, 7) is 20.7. The second kappa shape index (κ2) is 7.18. The van der Waals surface area contributed by atoms with Crippen LogP contribution in [0.5, 0.6) is 0 Å². The van der Waals surface area contributed by atoms with Gasteiger partial charge in [0.1, 0.15) is 0 Å². The number of hydrogen-bond donors (Lipinski definition) is 2. The SMILES string of the molecule is C[C@H]1[C@@H]2[C@@H]3CC[C@H]4[C@]5(C)CC(O)C(S)C(C)(C)[C@H]5CC[C@]4(C)[C@@]3(C)CC[C@]2(C)CC[C@@H]1C. The van der Waals surface area contributed by atoms with Gasteiger partial charge in [-0.2, -0.15) is 12.6 Å². The Kier molecular flexibility index (Phi) is 5.39. The minimum atomic E-state index is -0.267. The topological polar surface area (TPSA) is 20.2 Å². The smallest absolute Gasteiger partial charge is 0.0666 e. The van der Waals surface area contributed by atoms with Crippen LogP contribution in [0.4, 0.5) is 0 Å². The molecule has 0 heterocycles. The van der Waals surface area contributed by atoms with E-state index in [1.54, 1.807) is 0 Å². The van der Waals surface area contributed by atoms with Gasteiger partial charge in [0.2, 0.25) is 0 Å². The molecule has 0 amide bonds. The first-order valence-corrected chi connectivity index (χ1v) is 14.6.